The topological polar surface area (TPSA) is 80.0 Å². The van der Waals surface area contributed by atoms with E-state index in [-0.39, 0.29) is 11.3 Å². The molecule has 2 heterocycles. The fourth-order valence-corrected chi connectivity index (χ4v) is 3.60. The number of anilines is 1. The monoisotopic (exact) mass is 403 g/mol. The van der Waals surface area contributed by atoms with Crippen LogP contribution in [0.15, 0.2) is 70.9 Å². The summed E-state index contributed by atoms with van der Waals surface area (Å²) < 4.78 is 10.7. The van der Waals surface area contributed by atoms with Crippen LogP contribution in [0, 0.1) is 13.8 Å². The number of amides is 1. The summed E-state index contributed by atoms with van der Waals surface area (Å²) in [6.45, 7) is 3.89. The van der Waals surface area contributed by atoms with Gasteiger partial charge in [0.05, 0.1) is 18.9 Å². The van der Waals surface area contributed by atoms with Crippen molar-refractivity contribution in [2.45, 2.75) is 19.9 Å². The highest BCUT2D eigenvalue weighted by Gasteiger charge is 2.48. The van der Waals surface area contributed by atoms with Crippen LogP contribution in [-0.4, -0.2) is 23.9 Å². The van der Waals surface area contributed by atoms with E-state index in [1.54, 1.807) is 55.6 Å². The summed E-state index contributed by atoms with van der Waals surface area (Å²) in [5, 5.41) is 11.1. The average Bonchev–Trinajstić information content (AvgIpc) is 3.37. The van der Waals surface area contributed by atoms with E-state index in [9.17, 15) is 14.7 Å². The highest BCUT2D eigenvalue weighted by Crippen LogP contribution is 2.42. The lowest BCUT2D eigenvalue weighted by Crippen LogP contribution is -2.29. The zero-order valence-electron chi connectivity index (χ0n) is 16.9. The Labute approximate surface area is 174 Å². The fraction of sp³-hybridized carbons (Fsp3) is 0.167. The molecule has 1 unspecified atom stereocenters. The first-order valence-electron chi connectivity index (χ1n) is 9.48. The first-order chi connectivity index (χ1) is 14.4. The van der Waals surface area contributed by atoms with Crippen molar-refractivity contribution in [1.82, 2.24) is 0 Å². The second-order valence-corrected chi connectivity index (χ2v) is 7.18. The first kappa shape index (κ1) is 19.5. The van der Waals surface area contributed by atoms with E-state index in [1.807, 2.05) is 19.9 Å². The molecule has 1 aliphatic rings. The smallest absolute Gasteiger partial charge is 0.300 e. The van der Waals surface area contributed by atoms with Crippen LogP contribution >= 0.6 is 0 Å². The van der Waals surface area contributed by atoms with Gasteiger partial charge in [-0.15, -0.1) is 0 Å². The Kier molecular flexibility index (Phi) is 4.91. The van der Waals surface area contributed by atoms with Gasteiger partial charge in [0, 0.05) is 11.3 Å². The number of carbonyl (C=O) groups is 2. The van der Waals surface area contributed by atoms with Crippen molar-refractivity contribution in [2.24, 2.45) is 0 Å². The van der Waals surface area contributed by atoms with Gasteiger partial charge in [-0.25, -0.2) is 0 Å². The molecule has 1 aromatic heterocycles. The van der Waals surface area contributed by atoms with E-state index >= 15 is 0 Å². The molecule has 1 atom stereocenters. The van der Waals surface area contributed by atoms with Gasteiger partial charge in [0.25, 0.3) is 11.7 Å². The van der Waals surface area contributed by atoms with E-state index in [4.69, 9.17) is 9.15 Å². The normalized spacial score (nSPS) is 18.1. The maximum atomic E-state index is 13.0. The largest absolute Gasteiger partial charge is 0.507 e. The van der Waals surface area contributed by atoms with Gasteiger partial charge in [0.1, 0.15) is 23.3 Å². The number of Topliss-reactive ketones (excluding diaryl/α,β-unsaturated/α-hetero) is 1. The molecule has 152 valence electrons. The average molecular weight is 403 g/mol. The molecule has 3 aromatic rings. The molecule has 2 aromatic carbocycles. The van der Waals surface area contributed by atoms with Gasteiger partial charge >= 0.3 is 0 Å². The van der Waals surface area contributed by atoms with Crippen molar-refractivity contribution in [3.8, 4) is 5.75 Å². The maximum absolute atomic E-state index is 13.0. The van der Waals surface area contributed by atoms with Crippen LogP contribution in [0.4, 0.5) is 5.69 Å². The van der Waals surface area contributed by atoms with Crippen molar-refractivity contribution in [2.75, 3.05) is 12.0 Å². The highest BCUT2D eigenvalue weighted by atomic mass is 16.5. The lowest BCUT2D eigenvalue weighted by Gasteiger charge is -2.23. The zero-order chi connectivity index (χ0) is 21.4. The van der Waals surface area contributed by atoms with Crippen molar-refractivity contribution in [3.63, 3.8) is 0 Å². The predicted molar refractivity (Wildman–Crippen MR) is 112 cm³/mol. The molecule has 6 heteroatoms. The number of aryl methyl sites for hydroxylation is 2. The molecule has 1 saturated heterocycles. The van der Waals surface area contributed by atoms with Crippen LogP contribution < -0.4 is 9.64 Å². The summed E-state index contributed by atoms with van der Waals surface area (Å²) in [7, 11) is 1.55. The molecule has 0 saturated carbocycles. The summed E-state index contributed by atoms with van der Waals surface area (Å²) >= 11 is 0. The van der Waals surface area contributed by atoms with Crippen LogP contribution in [0.1, 0.15) is 28.5 Å². The minimum atomic E-state index is -0.880. The molecule has 0 spiro atoms. The van der Waals surface area contributed by atoms with Crippen LogP contribution in [0.2, 0.25) is 0 Å². The van der Waals surface area contributed by atoms with Crippen molar-refractivity contribution in [1.29, 1.82) is 0 Å². The molecule has 1 aliphatic heterocycles. The lowest BCUT2D eigenvalue weighted by molar-refractivity contribution is -0.132. The first-order valence-corrected chi connectivity index (χ1v) is 9.48. The van der Waals surface area contributed by atoms with Gasteiger partial charge in [0.2, 0.25) is 0 Å². The SMILES string of the molecule is COc1ccc(N2C(=O)C(=O)/C(=C(\O)c3ccc(C)c(C)c3)C2c2ccco2)cc1. The summed E-state index contributed by atoms with van der Waals surface area (Å²) in [5.74, 6) is -0.709. The molecular weight excluding hydrogens is 382 g/mol. The Balaban J connectivity index is 1.90. The van der Waals surface area contributed by atoms with Crippen LogP contribution in [0.5, 0.6) is 5.75 Å². The van der Waals surface area contributed by atoms with Crippen molar-refractivity contribution in [3.05, 3.63) is 88.9 Å². The van der Waals surface area contributed by atoms with Crippen LogP contribution in [0.25, 0.3) is 5.76 Å². The number of carbonyl (C=O) groups excluding carboxylic acids is 2. The summed E-state index contributed by atoms with van der Waals surface area (Å²) in [6.07, 6.45) is 1.47. The van der Waals surface area contributed by atoms with Gasteiger partial charge in [-0.2, -0.15) is 0 Å². The van der Waals surface area contributed by atoms with E-state index in [2.05, 4.69) is 0 Å². The maximum Gasteiger partial charge on any atom is 0.300 e. The molecule has 30 heavy (non-hydrogen) atoms. The number of ether oxygens (including phenoxy) is 1. The third kappa shape index (κ3) is 3.16. The molecule has 0 radical (unpaired) electrons. The van der Waals surface area contributed by atoms with Crippen molar-refractivity contribution >= 4 is 23.1 Å². The molecule has 0 aliphatic carbocycles. The number of ketones is 1. The summed E-state index contributed by atoms with van der Waals surface area (Å²) in [6, 6.07) is 14.7. The Hall–Kier alpha value is -3.80. The Morgan fingerprint density at radius 3 is 2.37 bits per heavy atom. The minimum Gasteiger partial charge on any atom is -0.507 e. The number of benzene rings is 2. The van der Waals surface area contributed by atoms with E-state index < -0.39 is 17.7 Å². The number of hydrogen-bond donors (Lipinski definition) is 1. The Morgan fingerprint density at radius 1 is 1.03 bits per heavy atom. The molecule has 1 N–H and O–H groups in total. The number of nitrogens with zero attached hydrogens (tertiary/aromatic N) is 1. The molecule has 4 rings (SSSR count). The quantitative estimate of drug-likeness (QED) is 0.393. The molecule has 0 bridgehead atoms. The fourth-order valence-electron chi connectivity index (χ4n) is 3.60. The minimum absolute atomic E-state index is 0.00554. The summed E-state index contributed by atoms with van der Waals surface area (Å²) in [5.41, 5.74) is 3.00. The second kappa shape index (κ2) is 7.55. The summed E-state index contributed by atoms with van der Waals surface area (Å²) in [4.78, 5) is 27.3. The molecule has 1 fully saturated rings. The molecule has 1 amide bonds. The van der Waals surface area contributed by atoms with E-state index in [0.29, 0.717) is 22.8 Å². The number of aliphatic hydroxyl groups excluding tert-OH is 1. The standard InChI is InChI=1S/C24H21NO5/c1-14-6-7-16(13-15(14)2)22(26)20-21(19-5-4-12-30-19)25(24(28)23(20)27)17-8-10-18(29-3)11-9-17/h4-13,21,26H,1-3H3/b22-20-. The third-order valence-corrected chi connectivity index (χ3v) is 5.39. The second-order valence-electron chi connectivity index (χ2n) is 7.18. The van der Waals surface area contributed by atoms with Gasteiger partial charge < -0.3 is 14.3 Å². The number of furan rings is 1. The highest BCUT2D eigenvalue weighted by molar-refractivity contribution is 6.51. The van der Waals surface area contributed by atoms with Crippen LogP contribution in [0.3, 0.4) is 0 Å². The number of hydrogen-bond acceptors (Lipinski definition) is 5. The lowest BCUT2D eigenvalue weighted by atomic mass is 9.97. The van der Waals surface area contributed by atoms with Gasteiger partial charge in [-0.3, -0.25) is 14.5 Å². The Morgan fingerprint density at radius 2 is 1.77 bits per heavy atom. The van der Waals surface area contributed by atoms with E-state index in [0.717, 1.165) is 11.1 Å². The molecular formula is C24H21NO5. The Bertz CT molecular complexity index is 1140. The van der Waals surface area contributed by atoms with Gasteiger partial charge in [-0.05, 0) is 67.4 Å². The van der Waals surface area contributed by atoms with Crippen LogP contribution in [-0.2, 0) is 9.59 Å². The number of aliphatic hydroxyl groups is 1. The third-order valence-electron chi connectivity index (χ3n) is 5.39. The predicted octanol–water partition coefficient (Wildman–Crippen LogP) is 4.53. The van der Waals surface area contributed by atoms with Crippen molar-refractivity contribution < 1.29 is 23.8 Å². The van der Waals surface area contributed by atoms with E-state index in [1.165, 1.54) is 11.2 Å². The number of rotatable bonds is 4. The zero-order valence-corrected chi connectivity index (χ0v) is 16.9. The number of methoxy groups -OCH3 is 1. The molecule has 6 nitrogen and oxygen atoms in total. The van der Waals surface area contributed by atoms with Gasteiger partial charge in [0.15, 0.2) is 0 Å². The van der Waals surface area contributed by atoms with Gasteiger partial charge in [-0.1, -0.05) is 12.1 Å².